The zero-order valence-electron chi connectivity index (χ0n) is 10.6. The summed E-state index contributed by atoms with van der Waals surface area (Å²) in [5.74, 6) is -1.76. The van der Waals surface area contributed by atoms with Crippen molar-refractivity contribution in [1.82, 2.24) is 10.3 Å². The van der Waals surface area contributed by atoms with Crippen molar-refractivity contribution in [2.45, 2.75) is 12.5 Å². The number of benzene rings is 1. The minimum absolute atomic E-state index is 0.0528. The number of nitrogens with zero attached hydrogens (tertiary/aromatic N) is 1. The highest BCUT2D eigenvalue weighted by Gasteiger charge is 2.18. The Bertz CT molecular complexity index is 619. The molecule has 2 rings (SSSR count). The molecule has 6 heteroatoms. The fourth-order valence-corrected chi connectivity index (χ4v) is 2.34. The fraction of sp³-hybridized carbons (Fsp3) is 0.214. The van der Waals surface area contributed by atoms with E-state index in [1.54, 1.807) is 7.05 Å². The largest absolute Gasteiger partial charge is 0.313 e. The predicted molar refractivity (Wildman–Crippen MR) is 73.8 cm³/mol. The standard InChI is InChI=1S/C14H12BrF3N2/c1-19-13(8-4-9(16)7-20-6-8)5-10-12(17)3-2-11(15)14(10)18/h2-4,6-7,13,19H,5H2,1H3. The number of pyridine rings is 1. The summed E-state index contributed by atoms with van der Waals surface area (Å²) in [7, 11) is 1.64. The highest BCUT2D eigenvalue weighted by Crippen LogP contribution is 2.26. The van der Waals surface area contributed by atoms with Crippen molar-refractivity contribution in [3.8, 4) is 0 Å². The zero-order valence-corrected chi connectivity index (χ0v) is 12.2. The van der Waals surface area contributed by atoms with Gasteiger partial charge >= 0.3 is 0 Å². The van der Waals surface area contributed by atoms with E-state index >= 15 is 0 Å². The third-order valence-corrected chi connectivity index (χ3v) is 3.64. The molecule has 1 unspecified atom stereocenters. The van der Waals surface area contributed by atoms with Gasteiger partial charge in [0.1, 0.15) is 17.5 Å². The summed E-state index contributed by atoms with van der Waals surface area (Å²) < 4.78 is 41.1. The maximum Gasteiger partial charge on any atom is 0.143 e. The number of nitrogens with one attached hydrogen (secondary N) is 1. The first-order valence-corrected chi connectivity index (χ1v) is 6.72. The topological polar surface area (TPSA) is 24.9 Å². The Hall–Kier alpha value is -1.40. The number of aromatic nitrogens is 1. The van der Waals surface area contributed by atoms with Crippen molar-refractivity contribution in [2.75, 3.05) is 7.05 Å². The van der Waals surface area contributed by atoms with Crippen LogP contribution in [0.3, 0.4) is 0 Å². The summed E-state index contributed by atoms with van der Waals surface area (Å²) in [4.78, 5) is 3.75. The van der Waals surface area contributed by atoms with Crippen LogP contribution in [0.2, 0.25) is 0 Å². The number of rotatable bonds is 4. The van der Waals surface area contributed by atoms with E-state index < -0.39 is 23.5 Å². The Morgan fingerprint density at radius 2 is 2.00 bits per heavy atom. The maximum atomic E-state index is 13.9. The lowest BCUT2D eigenvalue weighted by atomic mass is 9.99. The van der Waals surface area contributed by atoms with Crippen molar-refractivity contribution in [3.05, 3.63) is 63.6 Å². The van der Waals surface area contributed by atoms with Gasteiger partial charge in [0.15, 0.2) is 0 Å². The summed E-state index contributed by atoms with van der Waals surface area (Å²) in [6.07, 6.45) is 2.60. The van der Waals surface area contributed by atoms with Crippen molar-refractivity contribution < 1.29 is 13.2 Å². The van der Waals surface area contributed by atoms with Gasteiger partial charge in [0.2, 0.25) is 0 Å². The molecule has 0 radical (unpaired) electrons. The number of hydrogen-bond donors (Lipinski definition) is 1. The summed E-state index contributed by atoms with van der Waals surface area (Å²) in [6, 6.07) is 3.37. The SMILES string of the molecule is CNC(Cc1c(F)ccc(Br)c1F)c1cncc(F)c1. The molecule has 1 N–H and O–H groups in total. The van der Waals surface area contributed by atoms with E-state index in [0.717, 1.165) is 6.20 Å². The molecule has 0 amide bonds. The normalized spacial score (nSPS) is 12.4. The Balaban J connectivity index is 2.34. The Morgan fingerprint density at radius 3 is 2.65 bits per heavy atom. The molecule has 0 aliphatic rings. The van der Waals surface area contributed by atoms with Crippen LogP contribution < -0.4 is 5.32 Å². The van der Waals surface area contributed by atoms with E-state index in [1.807, 2.05) is 0 Å². The smallest absolute Gasteiger partial charge is 0.143 e. The van der Waals surface area contributed by atoms with Crippen molar-refractivity contribution >= 4 is 15.9 Å². The van der Waals surface area contributed by atoms with Gasteiger partial charge < -0.3 is 5.32 Å². The van der Waals surface area contributed by atoms with E-state index in [0.29, 0.717) is 5.56 Å². The van der Waals surface area contributed by atoms with E-state index in [2.05, 4.69) is 26.2 Å². The lowest BCUT2D eigenvalue weighted by molar-refractivity contribution is 0.509. The molecule has 1 aromatic heterocycles. The lowest BCUT2D eigenvalue weighted by Gasteiger charge is -2.17. The molecule has 0 bridgehead atoms. The molecule has 0 spiro atoms. The van der Waals surface area contributed by atoms with Gasteiger partial charge in [0.05, 0.1) is 10.7 Å². The average Bonchev–Trinajstić information content (AvgIpc) is 2.43. The molecule has 1 heterocycles. The molecule has 2 aromatic rings. The van der Waals surface area contributed by atoms with Crippen molar-refractivity contribution in [3.63, 3.8) is 0 Å². The molecule has 0 saturated carbocycles. The molecule has 0 aliphatic heterocycles. The minimum atomic E-state index is -0.644. The summed E-state index contributed by atoms with van der Waals surface area (Å²) >= 11 is 3.03. The van der Waals surface area contributed by atoms with Gasteiger partial charge in [-0.1, -0.05) is 0 Å². The van der Waals surface area contributed by atoms with Gasteiger partial charge in [-0.05, 0) is 53.2 Å². The van der Waals surface area contributed by atoms with Gasteiger partial charge in [-0.2, -0.15) is 0 Å². The highest BCUT2D eigenvalue weighted by atomic mass is 79.9. The first-order valence-electron chi connectivity index (χ1n) is 5.93. The van der Waals surface area contributed by atoms with Crippen LogP contribution in [-0.2, 0) is 6.42 Å². The number of halogens is 4. The number of hydrogen-bond acceptors (Lipinski definition) is 2. The van der Waals surface area contributed by atoms with Crippen LogP contribution in [0.1, 0.15) is 17.2 Å². The van der Waals surface area contributed by atoms with E-state index in [1.165, 1.54) is 24.4 Å². The van der Waals surface area contributed by atoms with Crippen LogP contribution in [0.4, 0.5) is 13.2 Å². The molecule has 0 saturated heterocycles. The highest BCUT2D eigenvalue weighted by molar-refractivity contribution is 9.10. The van der Waals surface area contributed by atoms with Crippen LogP contribution in [-0.4, -0.2) is 12.0 Å². The van der Waals surface area contributed by atoms with E-state index in [9.17, 15) is 13.2 Å². The second-order valence-electron chi connectivity index (χ2n) is 4.30. The van der Waals surface area contributed by atoms with Crippen LogP contribution in [0.5, 0.6) is 0 Å². The van der Waals surface area contributed by atoms with Gasteiger partial charge in [-0.15, -0.1) is 0 Å². The monoisotopic (exact) mass is 344 g/mol. The summed E-state index contributed by atoms with van der Waals surface area (Å²) in [6.45, 7) is 0. The van der Waals surface area contributed by atoms with E-state index in [4.69, 9.17) is 0 Å². The Kier molecular flexibility index (Phi) is 4.77. The zero-order chi connectivity index (χ0) is 14.7. The van der Waals surface area contributed by atoms with Crippen molar-refractivity contribution in [2.24, 2.45) is 0 Å². The van der Waals surface area contributed by atoms with Gasteiger partial charge in [-0.3, -0.25) is 4.98 Å². The average molecular weight is 345 g/mol. The van der Waals surface area contributed by atoms with Crippen LogP contribution in [0, 0.1) is 17.5 Å². The molecular formula is C14H12BrF3N2. The second kappa shape index (κ2) is 6.37. The predicted octanol–water partition coefficient (Wildman–Crippen LogP) is 3.76. The van der Waals surface area contributed by atoms with Crippen LogP contribution in [0.15, 0.2) is 35.1 Å². The third kappa shape index (κ3) is 3.19. The summed E-state index contributed by atoms with van der Waals surface area (Å²) in [5.41, 5.74) is 0.481. The van der Waals surface area contributed by atoms with Crippen molar-refractivity contribution in [1.29, 1.82) is 0 Å². The Morgan fingerprint density at radius 1 is 1.25 bits per heavy atom. The molecule has 1 aromatic carbocycles. The first-order chi connectivity index (χ1) is 9.52. The molecule has 0 fully saturated rings. The van der Waals surface area contributed by atoms with Crippen LogP contribution >= 0.6 is 15.9 Å². The van der Waals surface area contributed by atoms with Gasteiger partial charge in [-0.25, -0.2) is 13.2 Å². The van der Waals surface area contributed by atoms with Gasteiger partial charge in [0.25, 0.3) is 0 Å². The van der Waals surface area contributed by atoms with Gasteiger partial charge in [0, 0.05) is 17.8 Å². The second-order valence-corrected chi connectivity index (χ2v) is 5.16. The number of likely N-dealkylation sites (N-methyl/N-ethyl adjacent to an activating group) is 1. The molecule has 2 nitrogen and oxygen atoms in total. The molecule has 20 heavy (non-hydrogen) atoms. The Labute approximate surface area is 123 Å². The first kappa shape index (κ1) is 15.0. The maximum absolute atomic E-state index is 13.9. The van der Waals surface area contributed by atoms with Crippen LogP contribution in [0.25, 0.3) is 0 Å². The lowest BCUT2D eigenvalue weighted by Crippen LogP contribution is -2.20. The third-order valence-electron chi connectivity index (χ3n) is 3.02. The fourth-order valence-electron chi connectivity index (χ4n) is 1.97. The quantitative estimate of drug-likeness (QED) is 0.854. The molecule has 1 atom stereocenters. The molecule has 106 valence electrons. The molecule has 0 aliphatic carbocycles. The van der Waals surface area contributed by atoms with E-state index in [-0.39, 0.29) is 16.5 Å². The molecular weight excluding hydrogens is 333 g/mol. The summed E-state index contributed by atoms with van der Waals surface area (Å²) in [5, 5.41) is 2.91. The minimum Gasteiger partial charge on any atom is -0.313 e.